The molecule has 0 aromatic rings. The van der Waals surface area contributed by atoms with E-state index in [-0.39, 0.29) is 5.75 Å². The molecule has 0 atom stereocenters. The summed E-state index contributed by atoms with van der Waals surface area (Å²) >= 11 is 5.48. The second-order valence-corrected chi connectivity index (χ2v) is 5.97. The maximum absolute atomic E-state index is 11.4. The van der Waals surface area contributed by atoms with E-state index < -0.39 is 10.0 Å². The Morgan fingerprint density at radius 3 is 2.40 bits per heavy atom. The number of hydrogen-bond acceptors (Lipinski definition) is 2. The van der Waals surface area contributed by atoms with Gasteiger partial charge >= 0.3 is 0 Å². The normalized spacial score (nSPS) is 11.9. The number of sulfonamides is 1. The summed E-state index contributed by atoms with van der Waals surface area (Å²) in [7, 11) is -3.05. The average Bonchev–Trinajstić information content (AvgIpc) is 2.17. The van der Waals surface area contributed by atoms with E-state index in [1.165, 1.54) is 12.8 Å². The van der Waals surface area contributed by atoms with Crippen molar-refractivity contribution < 1.29 is 8.42 Å². The molecule has 0 spiro atoms. The molecule has 0 bridgehead atoms. The summed E-state index contributed by atoms with van der Waals surface area (Å²) in [6, 6.07) is 0. The minimum absolute atomic E-state index is 0.202. The highest BCUT2D eigenvalue weighted by Gasteiger charge is 2.07. The monoisotopic (exact) mass is 255 g/mol. The van der Waals surface area contributed by atoms with Gasteiger partial charge in [0, 0.05) is 12.4 Å². The molecule has 0 radical (unpaired) electrons. The molecule has 3 nitrogen and oxygen atoms in total. The first-order valence-corrected chi connectivity index (χ1v) is 7.84. The topological polar surface area (TPSA) is 46.2 Å². The molecule has 0 aromatic heterocycles. The van der Waals surface area contributed by atoms with Gasteiger partial charge in [-0.3, -0.25) is 0 Å². The molecular weight excluding hydrogens is 234 g/mol. The van der Waals surface area contributed by atoms with Crippen LogP contribution in [0.2, 0.25) is 0 Å². The standard InChI is InChI=1S/C10H22ClNO2S/c1-2-3-4-6-9-12-15(13,14)10-7-5-8-11/h12H,2-10H2,1H3. The van der Waals surface area contributed by atoms with Gasteiger partial charge in [-0.15, -0.1) is 11.6 Å². The number of alkyl halides is 1. The Balaban J connectivity index is 3.47. The molecule has 92 valence electrons. The Labute approximate surface area is 98.6 Å². The second kappa shape index (κ2) is 9.43. The van der Waals surface area contributed by atoms with Crippen molar-refractivity contribution in [3.05, 3.63) is 0 Å². The van der Waals surface area contributed by atoms with Gasteiger partial charge in [-0.1, -0.05) is 26.2 Å². The van der Waals surface area contributed by atoms with Crippen LogP contribution in [0.15, 0.2) is 0 Å². The van der Waals surface area contributed by atoms with Crippen LogP contribution in [0.5, 0.6) is 0 Å². The molecule has 0 amide bonds. The number of unbranched alkanes of at least 4 members (excludes halogenated alkanes) is 4. The number of halogens is 1. The van der Waals surface area contributed by atoms with Crippen LogP contribution in [-0.4, -0.2) is 26.6 Å². The third-order valence-corrected chi connectivity index (χ3v) is 3.89. The van der Waals surface area contributed by atoms with Crippen molar-refractivity contribution in [2.24, 2.45) is 0 Å². The van der Waals surface area contributed by atoms with Gasteiger partial charge < -0.3 is 0 Å². The Kier molecular flexibility index (Phi) is 9.55. The van der Waals surface area contributed by atoms with Crippen LogP contribution in [0.1, 0.15) is 45.4 Å². The zero-order chi connectivity index (χ0) is 11.6. The molecule has 0 aliphatic carbocycles. The molecule has 0 saturated carbocycles. The molecule has 0 fully saturated rings. The first-order chi connectivity index (χ1) is 7.12. The van der Waals surface area contributed by atoms with Gasteiger partial charge in [0.1, 0.15) is 0 Å². The van der Waals surface area contributed by atoms with Crippen LogP contribution in [0.25, 0.3) is 0 Å². The SMILES string of the molecule is CCCCCCNS(=O)(=O)CCCCCl. The first-order valence-electron chi connectivity index (χ1n) is 5.65. The van der Waals surface area contributed by atoms with Gasteiger partial charge in [0.05, 0.1) is 5.75 Å². The third kappa shape index (κ3) is 10.5. The van der Waals surface area contributed by atoms with E-state index in [0.29, 0.717) is 18.8 Å². The lowest BCUT2D eigenvalue weighted by atomic mass is 10.2. The summed E-state index contributed by atoms with van der Waals surface area (Å²) in [5, 5.41) is 0. The van der Waals surface area contributed by atoms with E-state index in [1.54, 1.807) is 0 Å². The number of rotatable bonds is 10. The van der Waals surface area contributed by atoms with E-state index >= 15 is 0 Å². The van der Waals surface area contributed by atoms with Crippen molar-refractivity contribution in [2.45, 2.75) is 45.4 Å². The minimum Gasteiger partial charge on any atom is -0.215 e. The lowest BCUT2D eigenvalue weighted by molar-refractivity contribution is 0.570. The van der Waals surface area contributed by atoms with Crippen molar-refractivity contribution in [2.75, 3.05) is 18.2 Å². The van der Waals surface area contributed by atoms with Gasteiger partial charge in [-0.25, -0.2) is 13.1 Å². The Morgan fingerprint density at radius 1 is 1.07 bits per heavy atom. The molecule has 15 heavy (non-hydrogen) atoms. The Hall–Kier alpha value is 0.200. The van der Waals surface area contributed by atoms with Gasteiger partial charge in [0.25, 0.3) is 0 Å². The molecule has 0 unspecified atom stereocenters. The highest BCUT2D eigenvalue weighted by atomic mass is 35.5. The zero-order valence-electron chi connectivity index (χ0n) is 9.47. The highest BCUT2D eigenvalue weighted by molar-refractivity contribution is 7.89. The van der Waals surface area contributed by atoms with Crippen LogP contribution in [0.3, 0.4) is 0 Å². The summed E-state index contributed by atoms with van der Waals surface area (Å²) in [5.74, 6) is 0.736. The van der Waals surface area contributed by atoms with E-state index in [2.05, 4.69) is 11.6 Å². The van der Waals surface area contributed by atoms with Crippen molar-refractivity contribution in [1.82, 2.24) is 4.72 Å². The van der Waals surface area contributed by atoms with Crippen LogP contribution in [0, 0.1) is 0 Å². The van der Waals surface area contributed by atoms with Crippen molar-refractivity contribution >= 4 is 21.6 Å². The summed E-state index contributed by atoms with van der Waals surface area (Å²) in [6.45, 7) is 2.71. The quantitative estimate of drug-likeness (QED) is 0.482. The molecular formula is C10H22ClNO2S. The molecule has 5 heteroatoms. The molecule has 0 saturated heterocycles. The molecule has 0 aliphatic rings. The summed E-state index contributed by atoms with van der Waals surface area (Å²) in [4.78, 5) is 0. The maximum atomic E-state index is 11.4. The minimum atomic E-state index is -3.05. The van der Waals surface area contributed by atoms with Crippen molar-refractivity contribution in [1.29, 1.82) is 0 Å². The van der Waals surface area contributed by atoms with Crippen LogP contribution < -0.4 is 4.72 Å². The first kappa shape index (κ1) is 15.2. The van der Waals surface area contributed by atoms with Gasteiger partial charge in [-0.2, -0.15) is 0 Å². The summed E-state index contributed by atoms with van der Waals surface area (Å²) in [5.41, 5.74) is 0. The van der Waals surface area contributed by atoms with Crippen LogP contribution >= 0.6 is 11.6 Å². The van der Waals surface area contributed by atoms with E-state index in [4.69, 9.17) is 11.6 Å². The molecule has 0 aliphatic heterocycles. The molecule has 0 rings (SSSR count). The number of nitrogens with one attached hydrogen (secondary N) is 1. The largest absolute Gasteiger partial charge is 0.215 e. The molecule has 0 aromatic carbocycles. The van der Waals surface area contributed by atoms with Gasteiger partial charge in [0.2, 0.25) is 10.0 Å². The third-order valence-electron chi connectivity index (χ3n) is 2.15. The molecule has 0 heterocycles. The zero-order valence-corrected chi connectivity index (χ0v) is 11.0. The van der Waals surface area contributed by atoms with E-state index in [0.717, 1.165) is 19.3 Å². The van der Waals surface area contributed by atoms with Crippen molar-refractivity contribution in [3.8, 4) is 0 Å². The highest BCUT2D eigenvalue weighted by Crippen LogP contribution is 1.99. The van der Waals surface area contributed by atoms with Crippen LogP contribution in [0.4, 0.5) is 0 Å². The fraction of sp³-hybridized carbons (Fsp3) is 1.00. The predicted octanol–water partition coefficient (Wildman–Crippen LogP) is 2.51. The van der Waals surface area contributed by atoms with Crippen molar-refractivity contribution in [3.63, 3.8) is 0 Å². The Bertz CT molecular complexity index is 230. The Morgan fingerprint density at radius 2 is 1.80 bits per heavy atom. The summed E-state index contributed by atoms with van der Waals surface area (Å²) < 4.78 is 25.4. The van der Waals surface area contributed by atoms with Gasteiger partial charge in [0.15, 0.2) is 0 Å². The second-order valence-electron chi connectivity index (χ2n) is 3.67. The van der Waals surface area contributed by atoms with E-state index in [9.17, 15) is 8.42 Å². The maximum Gasteiger partial charge on any atom is 0.211 e. The smallest absolute Gasteiger partial charge is 0.211 e. The fourth-order valence-corrected chi connectivity index (χ4v) is 2.61. The fourth-order valence-electron chi connectivity index (χ4n) is 1.24. The number of hydrogen-bond donors (Lipinski definition) is 1. The summed E-state index contributed by atoms with van der Waals surface area (Å²) in [6.07, 6.45) is 5.78. The average molecular weight is 256 g/mol. The van der Waals surface area contributed by atoms with Gasteiger partial charge in [-0.05, 0) is 19.3 Å². The van der Waals surface area contributed by atoms with E-state index in [1.807, 2.05) is 0 Å². The predicted molar refractivity (Wildman–Crippen MR) is 65.9 cm³/mol. The lowest BCUT2D eigenvalue weighted by Crippen LogP contribution is -2.27. The molecule has 1 N–H and O–H groups in total. The van der Waals surface area contributed by atoms with Crippen LogP contribution in [-0.2, 0) is 10.0 Å². The lowest BCUT2D eigenvalue weighted by Gasteiger charge is -2.05.